The minimum Gasteiger partial charge on any atom is -0.376 e. The highest BCUT2D eigenvalue weighted by Gasteiger charge is 2.19. The number of aromatic nitrogens is 4. The number of hydrogen-bond acceptors (Lipinski definition) is 4. The molecule has 9 heteroatoms. The molecule has 7 nitrogen and oxygen atoms in total. The first-order valence-corrected chi connectivity index (χ1v) is 11.2. The largest absolute Gasteiger partial charge is 0.376 e. The van der Waals surface area contributed by atoms with Crippen molar-refractivity contribution in [2.45, 2.75) is 32.0 Å². The highest BCUT2D eigenvalue weighted by atomic mass is 35.5. The molecular formula is C23H21Cl2N5O2. The van der Waals surface area contributed by atoms with Gasteiger partial charge in [-0.05, 0) is 37.1 Å². The summed E-state index contributed by atoms with van der Waals surface area (Å²) >= 11 is 12.7. The van der Waals surface area contributed by atoms with Gasteiger partial charge < -0.3 is 14.6 Å². The van der Waals surface area contributed by atoms with Crippen LogP contribution in [0, 0.1) is 0 Å². The molecule has 0 radical (unpaired) electrons. The predicted molar refractivity (Wildman–Crippen MR) is 125 cm³/mol. The molecule has 164 valence electrons. The van der Waals surface area contributed by atoms with Gasteiger partial charge in [-0.15, -0.1) is 0 Å². The number of halogens is 2. The average Bonchev–Trinajstić information content (AvgIpc) is 3.52. The second kappa shape index (κ2) is 8.94. The van der Waals surface area contributed by atoms with E-state index in [9.17, 15) is 4.79 Å². The summed E-state index contributed by atoms with van der Waals surface area (Å²) in [6.45, 7) is 1.54. The second-order valence-electron chi connectivity index (χ2n) is 7.75. The maximum absolute atomic E-state index is 12.9. The van der Waals surface area contributed by atoms with Gasteiger partial charge in [-0.2, -0.15) is 5.10 Å². The fraction of sp³-hybridized carbons (Fsp3) is 0.261. The van der Waals surface area contributed by atoms with Gasteiger partial charge in [-0.25, -0.2) is 4.98 Å². The highest BCUT2D eigenvalue weighted by molar-refractivity contribution is 6.43. The normalized spacial score (nSPS) is 16.0. The second-order valence-corrected chi connectivity index (χ2v) is 8.53. The smallest absolute Gasteiger partial charge is 0.244 e. The van der Waals surface area contributed by atoms with E-state index in [2.05, 4.69) is 10.4 Å². The molecule has 32 heavy (non-hydrogen) atoms. The van der Waals surface area contributed by atoms with Crippen LogP contribution >= 0.6 is 23.2 Å². The SMILES string of the molecule is O=C(Cn1c(-c2cccc(Cl)c2Cl)nc2ccccc21)Nc1cnn(CC2CCCO2)c1. The Bertz CT molecular complexity index is 1280. The molecule has 1 atom stereocenters. The van der Waals surface area contributed by atoms with Gasteiger partial charge in [0, 0.05) is 18.4 Å². The number of hydrogen-bond donors (Lipinski definition) is 1. The van der Waals surface area contributed by atoms with E-state index in [1.807, 2.05) is 47.2 Å². The lowest BCUT2D eigenvalue weighted by Gasteiger charge is -2.11. The predicted octanol–water partition coefficient (Wildman–Crippen LogP) is 5.02. The summed E-state index contributed by atoms with van der Waals surface area (Å²) in [7, 11) is 0. The highest BCUT2D eigenvalue weighted by Crippen LogP contribution is 2.34. The van der Waals surface area contributed by atoms with Gasteiger partial charge in [0.05, 0.1) is 45.6 Å². The number of carbonyl (C=O) groups excluding carboxylic acids is 1. The van der Waals surface area contributed by atoms with Gasteiger partial charge in [0.1, 0.15) is 12.4 Å². The van der Waals surface area contributed by atoms with E-state index in [0.29, 0.717) is 33.7 Å². The first-order valence-electron chi connectivity index (χ1n) is 10.4. The van der Waals surface area contributed by atoms with Crippen LogP contribution in [0.25, 0.3) is 22.4 Å². The summed E-state index contributed by atoms with van der Waals surface area (Å²) in [5.41, 5.74) is 2.92. The number of nitrogens with one attached hydrogen (secondary N) is 1. The van der Waals surface area contributed by atoms with Crippen molar-refractivity contribution in [3.05, 3.63) is 64.9 Å². The van der Waals surface area contributed by atoms with E-state index in [4.69, 9.17) is 32.9 Å². The molecule has 0 saturated carbocycles. The van der Waals surface area contributed by atoms with Crippen LogP contribution in [-0.2, 0) is 22.6 Å². The number of amides is 1. The number of imidazole rings is 1. The fourth-order valence-electron chi connectivity index (χ4n) is 3.99. The topological polar surface area (TPSA) is 74.0 Å². The molecular weight excluding hydrogens is 449 g/mol. The number of para-hydroxylation sites is 2. The van der Waals surface area contributed by atoms with Crippen molar-refractivity contribution in [3.63, 3.8) is 0 Å². The number of carbonyl (C=O) groups is 1. The van der Waals surface area contributed by atoms with Crippen LogP contribution in [0.3, 0.4) is 0 Å². The third-order valence-corrected chi connectivity index (χ3v) is 6.30. The summed E-state index contributed by atoms with van der Waals surface area (Å²) in [4.78, 5) is 17.6. The minimum absolute atomic E-state index is 0.0651. The van der Waals surface area contributed by atoms with Crippen molar-refractivity contribution >= 4 is 45.8 Å². The maximum Gasteiger partial charge on any atom is 0.244 e. The molecule has 0 aliphatic carbocycles. The zero-order chi connectivity index (χ0) is 22.1. The Morgan fingerprint density at radius 3 is 2.91 bits per heavy atom. The standard InChI is InChI=1S/C23H21Cl2N5O2/c24-18-7-3-6-17(22(18)25)23-28-19-8-1-2-9-20(19)30(23)14-21(31)27-15-11-26-29(12-15)13-16-5-4-10-32-16/h1-3,6-9,11-12,16H,4-5,10,13-14H2,(H,27,31). The number of ether oxygens (including phenoxy) is 1. The Labute approximate surface area is 194 Å². The molecule has 2 aromatic heterocycles. The lowest BCUT2D eigenvalue weighted by Crippen LogP contribution is -2.19. The van der Waals surface area contributed by atoms with Crippen LogP contribution in [-0.4, -0.2) is 37.9 Å². The van der Waals surface area contributed by atoms with Gasteiger partial charge >= 0.3 is 0 Å². The minimum atomic E-state index is -0.191. The Morgan fingerprint density at radius 2 is 2.06 bits per heavy atom. The van der Waals surface area contributed by atoms with Crippen LogP contribution < -0.4 is 5.32 Å². The van der Waals surface area contributed by atoms with Gasteiger partial charge in [0.25, 0.3) is 0 Å². The monoisotopic (exact) mass is 469 g/mol. The summed E-state index contributed by atoms with van der Waals surface area (Å²) in [6, 6.07) is 13.0. The van der Waals surface area contributed by atoms with Crippen LogP contribution in [0.5, 0.6) is 0 Å². The van der Waals surface area contributed by atoms with E-state index in [1.54, 1.807) is 16.9 Å². The Kier molecular flexibility index (Phi) is 5.87. The van der Waals surface area contributed by atoms with Crippen LogP contribution in [0.4, 0.5) is 5.69 Å². The molecule has 1 fully saturated rings. The molecule has 1 N–H and O–H groups in total. The van der Waals surface area contributed by atoms with E-state index in [-0.39, 0.29) is 18.6 Å². The first-order chi connectivity index (χ1) is 15.6. The van der Waals surface area contributed by atoms with Gasteiger partial charge in [-0.1, -0.05) is 41.4 Å². The molecule has 1 amide bonds. The quantitative estimate of drug-likeness (QED) is 0.429. The van der Waals surface area contributed by atoms with Crippen molar-refractivity contribution in [2.75, 3.05) is 11.9 Å². The Morgan fingerprint density at radius 1 is 1.19 bits per heavy atom. The Balaban J connectivity index is 1.39. The number of anilines is 1. The van der Waals surface area contributed by atoms with Crippen molar-refractivity contribution < 1.29 is 9.53 Å². The molecule has 2 aromatic carbocycles. The molecule has 4 aromatic rings. The summed E-state index contributed by atoms with van der Waals surface area (Å²) in [5.74, 6) is 0.396. The van der Waals surface area contributed by atoms with E-state index in [1.165, 1.54) is 0 Å². The average molecular weight is 470 g/mol. The molecule has 3 heterocycles. The molecule has 0 spiro atoms. The van der Waals surface area contributed by atoms with Crippen molar-refractivity contribution in [2.24, 2.45) is 0 Å². The zero-order valence-corrected chi connectivity index (χ0v) is 18.7. The zero-order valence-electron chi connectivity index (χ0n) is 17.2. The number of benzene rings is 2. The van der Waals surface area contributed by atoms with Crippen molar-refractivity contribution in [1.29, 1.82) is 0 Å². The van der Waals surface area contributed by atoms with E-state index < -0.39 is 0 Å². The lowest BCUT2D eigenvalue weighted by molar-refractivity contribution is -0.116. The number of nitrogens with zero attached hydrogens (tertiary/aromatic N) is 4. The van der Waals surface area contributed by atoms with Gasteiger partial charge in [0.2, 0.25) is 5.91 Å². The lowest BCUT2D eigenvalue weighted by atomic mass is 10.2. The fourth-order valence-corrected chi connectivity index (χ4v) is 4.37. The summed E-state index contributed by atoms with van der Waals surface area (Å²) in [6.07, 6.45) is 5.76. The van der Waals surface area contributed by atoms with Gasteiger partial charge in [-0.3, -0.25) is 9.48 Å². The number of fused-ring (bicyclic) bond motifs is 1. The summed E-state index contributed by atoms with van der Waals surface area (Å²) in [5, 5.41) is 8.10. The first kappa shape index (κ1) is 21.0. The van der Waals surface area contributed by atoms with E-state index >= 15 is 0 Å². The van der Waals surface area contributed by atoms with Crippen LogP contribution in [0.15, 0.2) is 54.9 Å². The third kappa shape index (κ3) is 4.24. The number of rotatable bonds is 6. The molecule has 0 bridgehead atoms. The Hall–Kier alpha value is -2.87. The third-order valence-electron chi connectivity index (χ3n) is 5.48. The molecule has 1 saturated heterocycles. The molecule has 1 aliphatic rings. The van der Waals surface area contributed by atoms with Crippen molar-refractivity contribution in [3.8, 4) is 11.4 Å². The van der Waals surface area contributed by atoms with Crippen molar-refractivity contribution in [1.82, 2.24) is 19.3 Å². The van der Waals surface area contributed by atoms with E-state index in [0.717, 1.165) is 30.5 Å². The van der Waals surface area contributed by atoms with Crippen LogP contribution in [0.2, 0.25) is 10.0 Å². The van der Waals surface area contributed by atoms with Gasteiger partial charge in [0.15, 0.2) is 0 Å². The van der Waals surface area contributed by atoms with Crippen LogP contribution in [0.1, 0.15) is 12.8 Å². The molecule has 1 unspecified atom stereocenters. The molecule has 1 aliphatic heterocycles. The molecule has 5 rings (SSSR count). The maximum atomic E-state index is 12.9. The summed E-state index contributed by atoms with van der Waals surface area (Å²) < 4.78 is 9.30.